The fourth-order valence-corrected chi connectivity index (χ4v) is 3.78. The van der Waals surface area contributed by atoms with Crippen LogP contribution in [0.5, 0.6) is 0 Å². The summed E-state index contributed by atoms with van der Waals surface area (Å²) in [7, 11) is 0. The summed E-state index contributed by atoms with van der Waals surface area (Å²) in [6, 6.07) is 8.17. The zero-order valence-electron chi connectivity index (χ0n) is 12.4. The van der Waals surface area contributed by atoms with Crippen molar-refractivity contribution in [3.05, 3.63) is 46.4 Å². The molecule has 0 aromatic carbocycles. The number of amides is 1. The predicted octanol–water partition coefficient (Wildman–Crippen LogP) is 2.88. The molecule has 1 fully saturated rings. The molecule has 1 aliphatic rings. The molecule has 3 N–H and O–H groups in total. The molecule has 22 heavy (non-hydrogen) atoms. The Balaban J connectivity index is 0.00000176. The summed E-state index contributed by atoms with van der Waals surface area (Å²) in [5.41, 5.74) is 6.51. The lowest BCUT2D eigenvalue weighted by Crippen LogP contribution is -2.40. The van der Waals surface area contributed by atoms with Gasteiger partial charge in [0, 0.05) is 17.1 Å². The van der Waals surface area contributed by atoms with E-state index in [4.69, 9.17) is 5.73 Å². The largest absolute Gasteiger partial charge is 0.348 e. The monoisotopic (exact) mass is 339 g/mol. The van der Waals surface area contributed by atoms with Crippen LogP contribution >= 0.6 is 23.7 Å². The van der Waals surface area contributed by atoms with Gasteiger partial charge in [0.15, 0.2) is 0 Å². The number of nitrogens with two attached hydrogens (primary N) is 1. The van der Waals surface area contributed by atoms with Gasteiger partial charge in [-0.15, -0.1) is 23.7 Å². The van der Waals surface area contributed by atoms with Gasteiger partial charge < -0.3 is 15.6 Å². The molecule has 1 aliphatic carbocycles. The highest BCUT2D eigenvalue weighted by atomic mass is 35.5. The number of halogens is 1. The van der Waals surface area contributed by atoms with E-state index in [0.717, 1.165) is 31.5 Å². The van der Waals surface area contributed by atoms with E-state index in [1.807, 2.05) is 29.0 Å². The van der Waals surface area contributed by atoms with Crippen LogP contribution in [-0.2, 0) is 6.54 Å². The Kier molecular flexibility index (Phi) is 6.06. The molecule has 0 bridgehead atoms. The first kappa shape index (κ1) is 17.1. The summed E-state index contributed by atoms with van der Waals surface area (Å²) in [5.74, 6) is 0.441. The molecule has 0 saturated heterocycles. The van der Waals surface area contributed by atoms with Gasteiger partial charge in [0.2, 0.25) is 0 Å². The fraction of sp³-hybridized carbons (Fsp3) is 0.438. The van der Waals surface area contributed by atoms with E-state index in [1.165, 1.54) is 4.88 Å². The van der Waals surface area contributed by atoms with Gasteiger partial charge in [-0.25, -0.2) is 0 Å². The minimum atomic E-state index is 0. The van der Waals surface area contributed by atoms with E-state index in [0.29, 0.717) is 12.5 Å². The molecule has 2 unspecified atom stereocenters. The van der Waals surface area contributed by atoms with E-state index >= 15 is 0 Å². The van der Waals surface area contributed by atoms with Crippen LogP contribution in [-0.4, -0.2) is 23.1 Å². The van der Waals surface area contributed by atoms with Crippen molar-refractivity contribution >= 4 is 29.7 Å². The summed E-state index contributed by atoms with van der Waals surface area (Å²) in [4.78, 5) is 13.8. The molecule has 120 valence electrons. The smallest absolute Gasteiger partial charge is 0.268 e. The highest BCUT2D eigenvalue weighted by molar-refractivity contribution is 7.09. The van der Waals surface area contributed by atoms with Crippen LogP contribution in [0.2, 0.25) is 0 Å². The first-order chi connectivity index (χ1) is 10.3. The third kappa shape index (κ3) is 3.72. The molecule has 4 nitrogen and oxygen atoms in total. The van der Waals surface area contributed by atoms with Crippen LogP contribution in [0.1, 0.15) is 34.6 Å². The summed E-state index contributed by atoms with van der Waals surface area (Å²) in [6.45, 7) is 1.40. The number of rotatable bonds is 5. The van der Waals surface area contributed by atoms with E-state index in [-0.39, 0.29) is 24.4 Å². The summed E-state index contributed by atoms with van der Waals surface area (Å²) in [6.07, 6.45) is 5.28. The molecule has 0 spiro atoms. The van der Waals surface area contributed by atoms with Crippen molar-refractivity contribution < 1.29 is 4.79 Å². The number of carbonyl (C=O) groups excluding carboxylic acids is 1. The van der Waals surface area contributed by atoms with Gasteiger partial charge in [-0.2, -0.15) is 0 Å². The lowest BCUT2D eigenvalue weighted by Gasteiger charge is -2.20. The molecular formula is C16H22ClN3OS. The van der Waals surface area contributed by atoms with Crippen LogP contribution in [0, 0.1) is 5.92 Å². The predicted molar refractivity (Wildman–Crippen MR) is 92.8 cm³/mol. The summed E-state index contributed by atoms with van der Waals surface area (Å²) < 4.78 is 2.01. The maximum atomic E-state index is 12.5. The number of hydrogen-bond donors (Lipinski definition) is 2. The molecular weight excluding hydrogens is 318 g/mol. The zero-order valence-corrected chi connectivity index (χ0v) is 14.0. The van der Waals surface area contributed by atoms with Gasteiger partial charge in [0.05, 0.1) is 6.54 Å². The molecule has 1 amide bonds. The van der Waals surface area contributed by atoms with E-state index < -0.39 is 0 Å². The van der Waals surface area contributed by atoms with Crippen molar-refractivity contribution in [2.24, 2.45) is 11.7 Å². The van der Waals surface area contributed by atoms with Crippen molar-refractivity contribution in [3.8, 4) is 0 Å². The van der Waals surface area contributed by atoms with E-state index in [2.05, 4.69) is 16.8 Å². The second kappa shape index (κ2) is 7.81. The third-order valence-electron chi connectivity index (χ3n) is 4.25. The maximum absolute atomic E-state index is 12.5. The lowest BCUT2D eigenvalue weighted by molar-refractivity contribution is 0.0920. The molecule has 0 aliphatic heterocycles. The Labute approximate surface area is 141 Å². The van der Waals surface area contributed by atoms with Crippen LogP contribution in [0.3, 0.4) is 0 Å². The molecule has 2 aromatic heterocycles. The number of hydrogen-bond acceptors (Lipinski definition) is 3. The zero-order chi connectivity index (χ0) is 14.7. The molecule has 6 heteroatoms. The van der Waals surface area contributed by atoms with Gasteiger partial charge >= 0.3 is 0 Å². The molecule has 3 rings (SSSR count). The first-order valence-corrected chi connectivity index (χ1v) is 8.34. The van der Waals surface area contributed by atoms with Crippen LogP contribution in [0.25, 0.3) is 0 Å². The molecule has 2 atom stereocenters. The van der Waals surface area contributed by atoms with E-state index in [9.17, 15) is 4.79 Å². The average molecular weight is 340 g/mol. The molecule has 1 saturated carbocycles. The Hall–Kier alpha value is -1.30. The highest BCUT2D eigenvalue weighted by Gasteiger charge is 2.28. The van der Waals surface area contributed by atoms with Gasteiger partial charge in [0.25, 0.3) is 5.91 Å². The average Bonchev–Trinajstić information content (AvgIpc) is 3.20. The number of aromatic nitrogens is 1. The Morgan fingerprint density at radius 2 is 2.23 bits per heavy atom. The first-order valence-electron chi connectivity index (χ1n) is 7.46. The molecule has 2 aromatic rings. The van der Waals surface area contributed by atoms with Gasteiger partial charge in [-0.3, -0.25) is 4.79 Å². The van der Waals surface area contributed by atoms with Crippen LogP contribution in [0.4, 0.5) is 0 Å². The van der Waals surface area contributed by atoms with E-state index in [1.54, 1.807) is 11.3 Å². The highest BCUT2D eigenvalue weighted by Crippen LogP contribution is 2.25. The Bertz CT molecular complexity index is 596. The van der Waals surface area contributed by atoms with Crippen molar-refractivity contribution in [2.75, 3.05) is 6.54 Å². The quantitative estimate of drug-likeness (QED) is 0.880. The standard InChI is InChI=1S/C16H21N3OS.ClH/c17-10-12-4-1-6-14(12)18-16(20)15-7-2-8-19(15)11-13-5-3-9-21-13;/h2-3,5,7-9,12,14H,1,4,6,10-11,17H2,(H,18,20);1H. The minimum absolute atomic E-state index is 0. The topological polar surface area (TPSA) is 60.0 Å². The van der Waals surface area contributed by atoms with Crippen molar-refractivity contribution in [1.29, 1.82) is 0 Å². The summed E-state index contributed by atoms with van der Waals surface area (Å²) >= 11 is 1.71. The fourth-order valence-electron chi connectivity index (χ4n) is 3.08. The van der Waals surface area contributed by atoms with Crippen molar-refractivity contribution in [2.45, 2.75) is 31.8 Å². The SMILES string of the molecule is Cl.NCC1CCCC1NC(=O)c1cccn1Cc1cccs1. The van der Waals surface area contributed by atoms with Crippen LogP contribution < -0.4 is 11.1 Å². The number of thiophene rings is 1. The van der Waals surface area contributed by atoms with Crippen molar-refractivity contribution in [1.82, 2.24) is 9.88 Å². The molecule has 0 radical (unpaired) electrons. The van der Waals surface area contributed by atoms with Crippen molar-refractivity contribution in [3.63, 3.8) is 0 Å². The Morgan fingerprint density at radius 1 is 1.36 bits per heavy atom. The Morgan fingerprint density at radius 3 is 2.95 bits per heavy atom. The van der Waals surface area contributed by atoms with Gasteiger partial charge in [0.1, 0.15) is 5.69 Å². The number of carbonyl (C=O) groups is 1. The normalized spacial score (nSPS) is 20.6. The third-order valence-corrected chi connectivity index (χ3v) is 5.11. The molecule has 2 heterocycles. The second-order valence-electron chi connectivity index (χ2n) is 5.61. The van der Waals surface area contributed by atoms with Crippen LogP contribution in [0.15, 0.2) is 35.8 Å². The number of nitrogens with zero attached hydrogens (tertiary/aromatic N) is 1. The second-order valence-corrected chi connectivity index (χ2v) is 6.64. The maximum Gasteiger partial charge on any atom is 0.268 e. The lowest BCUT2D eigenvalue weighted by atomic mass is 10.0. The minimum Gasteiger partial charge on any atom is -0.348 e. The summed E-state index contributed by atoms with van der Waals surface area (Å²) in [5, 5.41) is 5.22. The van der Waals surface area contributed by atoms with Gasteiger partial charge in [-0.1, -0.05) is 12.5 Å². The number of nitrogens with one attached hydrogen (secondary N) is 1. The van der Waals surface area contributed by atoms with Gasteiger partial charge in [-0.05, 0) is 48.9 Å².